The Balaban J connectivity index is 1.12. The van der Waals surface area contributed by atoms with Crippen LogP contribution in [0.5, 0.6) is 0 Å². The van der Waals surface area contributed by atoms with E-state index in [0.29, 0.717) is 65.9 Å². The Morgan fingerprint density at radius 2 is 1.75 bits per heavy atom. The highest BCUT2D eigenvalue weighted by Gasteiger charge is 2.47. The van der Waals surface area contributed by atoms with Crippen molar-refractivity contribution in [2.45, 2.75) is 148 Å². The molecule has 6 bridgehead atoms. The second-order valence-corrected chi connectivity index (χ2v) is 23.2. The number of hydrogen-bond donors (Lipinski definition) is 2. The Morgan fingerprint density at radius 1 is 1.00 bits per heavy atom. The van der Waals surface area contributed by atoms with E-state index >= 15 is 0 Å². The molecule has 75 heavy (non-hydrogen) atoms. The number of esters is 1. The Bertz CT molecular complexity index is 2600. The highest BCUT2D eigenvalue weighted by atomic mass is 19.4. The summed E-state index contributed by atoms with van der Waals surface area (Å²) < 4.78 is 69.1. The van der Waals surface area contributed by atoms with Gasteiger partial charge in [-0.3, -0.25) is 29.3 Å². The van der Waals surface area contributed by atoms with Crippen LogP contribution in [0.15, 0.2) is 36.5 Å². The molecule has 7 heterocycles. The minimum Gasteiger partial charge on any atom is -0.464 e. The highest BCUT2D eigenvalue weighted by molar-refractivity contribution is 5.94. The molecule has 3 aromatic rings. The summed E-state index contributed by atoms with van der Waals surface area (Å²) in [5.74, 6) is -2.07. The molecule has 8 rings (SSSR count). The van der Waals surface area contributed by atoms with Crippen molar-refractivity contribution >= 4 is 40.8 Å². The molecular formula is C54H76F3N9O9. The van der Waals surface area contributed by atoms with E-state index in [9.17, 15) is 37.1 Å². The first-order chi connectivity index (χ1) is 35.3. The largest absolute Gasteiger partial charge is 0.464 e. The van der Waals surface area contributed by atoms with Gasteiger partial charge < -0.3 is 43.5 Å². The zero-order chi connectivity index (χ0) is 54.3. The SMILES string of the molecule is CO[C@@H](C)c1ncccc1-c1c2c3cc(ccc3n1CC(F)(F)F)[C@H]1CCCN(C1)C[C@H](NC(=O)[C@H](C(C)C)N(C)C(=O)N1C[C@@H]3OCCN(C(=O)OC(C)(C)C)[C@@H]3C1)C(=O)N1CCC[C@H](N1)C(=O)OCC(C)(C)C2. The summed E-state index contributed by atoms with van der Waals surface area (Å²) in [6, 6.07) is 5.22. The van der Waals surface area contributed by atoms with E-state index in [1.165, 1.54) is 21.6 Å². The number of carbonyl (C=O) groups excluding carboxylic acids is 5. The summed E-state index contributed by atoms with van der Waals surface area (Å²) in [5, 5.41) is 5.09. The average molecular weight is 1050 g/mol. The lowest BCUT2D eigenvalue weighted by Gasteiger charge is -2.39. The van der Waals surface area contributed by atoms with Gasteiger partial charge in [0.05, 0.1) is 49.4 Å². The number of fused-ring (bicyclic) bond motifs is 7. The Morgan fingerprint density at radius 3 is 2.45 bits per heavy atom. The van der Waals surface area contributed by atoms with Gasteiger partial charge in [0.2, 0.25) is 5.91 Å². The molecule has 2 N–H and O–H groups in total. The molecule has 4 fully saturated rings. The van der Waals surface area contributed by atoms with Crippen LogP contribution in [0.1, 0.15) is 110 Å². The number of likely N-dealkylation sites (N-methyl/N-ethyl adjacent to an activating group) is 1. The van der Waals surface area contributed by atoms with E-state index in [4.69, 9.17) is 18.9 Å². The predicted octanol–water partition coefficient (Wildman–Crippen LogP) is 6.65. The number of halogens is 3. The van der Waals surface area contributed by atoms with Crippen LogP contribution in [0, 0.1) is 11.3 Å². The van der Waals surface area contributed by atoms with Gasteiger partial charge in [0.1, 0.15) is 30.3 Å². The molecule has 18 nitrogen and oxygen atoms in total. The van der Waals surface area contributed by atoms with E-state index in [-0.39, 0.29) is 51.7 Å². The number of aromatic nitrogens is 2. The molecule has 0 aliphatic carbocycles. The molecule has 1 unspecified atom stereocenters. The van der Waals surface area contributed by atoms with Crippen molar-refractivity contribution < 1.29 is 56.1 Å². The summed E-state index contributed by atoms with van der Waals surface area (Å²) in [6.45, 7) is 15.7. The molecule has 21 heteroatoms. The number of piperidine rings is 1. The lowest BCUT2D eigenvalue weighted by molar-refractivity contribution is -0.155. The van der Waals surface area contributed by atoms with Crippen LogP contribution >= 0.6 is 0 Å². The van der Waals surface area contributed by atoms with E-state index in [1.54, 1.807) is 68.9 Å². The third-order valence-corrected chi connectivity index (χ3v) is 15.2. The summed E-state index contributed by atoms with van der Waals surface area (Å²) in [5.41, 5.74) is 4.96. The monoisotopic (exact) mass is 1050 g/mol. The van der Waals surface area contributed by atoms with Gasteiger partial charge in [-0.2, -0.15) is 13.2 Å². The molecule has 5 amide bonds. The number of ether oxygens (including phenoxy) is 4. The van der Waals surface area contributed by atoms with Crippen molar-refractivity contribution in [2.75, 3.05) is 73.2 Å². The number of rotatable bonds is 8. The number of alkyl halides is 3. The number of urea groups is 1. The van der Waals surface area contributed by atoms with Gasteiger partial charge in [0.25, 0.3) is 5.91 Å². The van der Waals surface area contributed by atoms with Crippen molar-refractivity contribution in [1.82, 2.24) is 44.9 Å². The van der Waals surface area contributed by atoms with Crippen molar-refractivity contribution in [1.29, 1.82) is 0 Å². The van der Waals surface area contributed by atoms with Crippen LogP contribution in [0.2, 0.25) is 0 Å². The van der Waals surface area contributed by atoms with E-state index in [0.717, 1.165) is 18.4 Å². The number of carbonyl (C=O) groups is 5. The maximum Gasteiger partial charge on any atom is 0.410 e. The van der Waals surface area contributed by atoms with Crippen LogP contribution in [-0.4, -0.2) is 179 Å². The van der Waals surface area contributed by atoms with Crippen molar-refractivity contribution in [3.05, 3.63) is 53.3 Å². The Kier molecular flexibility index (Phi) is 16.5. The minimum atomic E-state index is -4.58. The van der Waals surface area contributed by atoms with Gasteiger partial charge in [-0.1, -0.05) is 33.8 Å². The van der Waals surface area contributed by atoms with E-state index < -0.39 is 95.9 Å². The number of nitrogens with zero attached hydrogens (tertiary/aromatic N) is 7. The fourth-order valence-electron chi connectivity index (χ4n) is 11.6. The normalized spacial score (nSPS) is 25.5. The van der Waals surface area contributed by atoms with Crippen LogP contribution in [0.25, 0.3) is 22.2 Å². The van der Waals surface area contributed by atoms with Crippen LogP contribution in [0.4, 0.5) is 22.8 Å². The number of benzene rings is 1. The Hall–Kier alpha value is -5.51. The van der Waals surface area contributed by atoms with Crippen LogP contribution in [0.3, 0.4) is 0 Å². The maximum atomic E-state index is 14.9. The van der Waals surface area contributed by atoms with E-state index in [1.807, 2.05) is 39.8 Å². The summed E-state index contributed by atoms with van der Waals surface area (Å²) in [4.78, 5) is 82.6. The van der Waals surface area contributed by atoms with Gasteiger partial charge in [0, 0.05) is 75.0 Å². The number of cyclic esters (lactones) is 1. The third kappa shape index (κ3) is 12.5. The van der Waals surface area contributed by atoms with Crippen LogP contribution in [-0.2, 0) is 46.3 Å². The first-order valence-corrected chi connectivity index (χ1v) is 26.4. The number of morpholine rings is 1. The van der Waals surface area contributed by atoms with Crippen molar-refractivity contribution in [3.8, 4) is 11.3 Å². The predicted molar refractivity (Wildman–Crippen MR) is 273 cm³/mol. The number of pyridine rings is 1. The number of hydrazine groups is 1. The van der Waals surface area contributed by atoms with Crippen molar-refractivity contribution in [2.24, 2.45) is 11.3 Å². The van der Waals surface area contributed by atoms with Gasteiger partial charge in [-0.05, 0) is 114 Å². The average Bonchev–Trinajstić information content (AvgIpc) is 3.92. The zero-order valence-corrected chi connectivity index (χ0v) is 45.1. The smallest absolute Gasteiger partial charge is 0.410 e. The van der Waals surface area contributed by atoms with E-state index in [2.05, 4.69) is 20.6 Å². The molecule has 8 atom stereocenters. The lowest BCUT2D eigenvalue weighted by Crippen LogP contribution is -2.64. The van der Waals surface area contributed by atoms with Gasteiger partial charge in [-0.15, -0.1) is 0 Å². The molecule has 0 spiro atoms. The molecule has 412 valence electrons. The second-order valence-electron chi connectivity index (χ2n) is 23.2. The Labute approximate surface area is 437 Å². The molecular weight excluding hydrogens is 976 g/mol. The summed E-state index contributed by atoms with van der Waals surface area (Å²) in [7, 11) is 3.09. The van der Waals surface area contributed by atoms with Crippen molar-refractivity contribution in [3.63, 3.8) is 0 Å². The maximum absolute atomic E-state index is 14.9. The van der Waals surface area contributed by atoms with Gasteiger partial charge in [0.15, 0.2) is 0 Å². The fourth-order valence-corrected chi connectivity index (χ4v) is 11.6. The second kappa shape index (κ2) is 22.2. The summed E-state index contributed by atoms with van der Waals surface area (Å²) >= 11 is 0. The standard InChI is InChI=1S/C54H76F3N9O9/c1-32(2)45(61(9)50(70)63-28-42-43(29-63)73-23-22-64(42)51(71)75-52(4,5)6)47(67)59-40-27-62-20-12-14-35(26-62)34-17-18-41-37(24-34)38(25-53(7,8)31-74-49(69)39-16-13-21-66(60-39)48(40)68)46(65(41)30-54(55,56)57)36-15-11-19-58-44(36)33(3)72-10/h11,15,17-19,24,32-33,35,39-40,42-43,45,60H,12-14,16,20-23,25-31H2,1-10H3,(H,59,67)/t33-,35-,39-,40-,42+,43-,45-/m0/s1. The molecule has 0 radical (unpaired) electrons. The minimum absolute atomic E-state index is 0.0791. The fraction of sp³-hybridized carbons (Fsp3) is 0.667. The quantitative estimate of drug-likeness (QED) is 0.230. The first kappa shape index (κ1) is 55.7. The number of amides is 5. The molecule has 1 aromatic carbocycles. The molecule has 0 saturated carbocycles. The highest BCUT2D eigenvalue weighted by Crippen LogP contribution is 2.43. The molecule has 5 aliphatic rings. The van der Waals surface area contributed by atoms with Gasteiger partial charge >= 0.3 is 24.3 Å². The molecule has 4 saturated heterocycles. The lowest BCUT2D eigenvalue weighted by atomic mass is 9.83. The van der Waals surface area contributed by atoms with Gasteiger partial charge in [-0.25, -0.2) is 15.0 Å². The number of hydrogen-bond acceptors (Lipinski definition) is 12. The third-order valence-electron chi connectivity index (χ3n) is 15.2. The topological polar surface area (TPSA) is 180 Å². The molecule has 5 aliphatic heterocycles. The number of nitrogens with one attached hydrogen (secondary N) is 2. The number of likely N-dealkylation sites (tertiary alicyclic amines) is 1. The first-order valence-electron chi connectivity index (χ1n) is 26.4. The summed E-state index contributed by atoms with van der Waals surface area (Å²) in [6.07, 6.45) is -1.86. The molecule has 2 aromatic heterocycles. The zero-order valence-electron chi connectivity index (χ0n) is 45.1. The van der Waals surface area contributed by atoms with Crippen LogP contribution < -0.4 is 10.7 Å². The number of methoxy groups -OCH3 is 1.